The van der Waals surface area contributed by atoms with Gasteiger partial charge in [-0.2, -0.15) is 0 Å². The molecule has 0 aliphatic rings. The molecule has 2 N–H and O–H groups in total. The van der Waals surface area contributed by atoms with Crippen molar-refractivity contribution >= 4 is 0 Å². The van der Waals surface area contributed by atoms with Crippen LogP contribution >= 0.6 is 0 Å². The summed E-state index contributed by atoms with van der Waals surface area (Å²) in [5.74, 6) is 2.06. The summed E-state index contributed by atoms with van der Waals surface area (Å²) in [5.41, 5.74) is 6.52. The Labute approximate surface area is 119 Å². The first-order valence-corrected chi connectivity index (χ1v) is 6.51. The summed E-state index contributed by atoms with van der Waals surface area (Å²) in [7, 11) is 1.61. The highest BCUT2D eigenvalue weighted by Gasteiger charge is 2.06. The van der Waals surface area contributed by atoms with Crippen LogP contribution in [0.4, 0.5) is 0 Å². The van der Waals surface area contributed by atoms with Crippen LogP contribution in [0.25, 0.3) is 0 Å². The lowest BCUT2D eigenvalue weighted by Crippen LogP contribution is -2.10. The van der Waals surface area contributed by atoms with Crippen molar-refractivity contribution < 1.29 is 14.2 Å². The minimum Gasteiger partial charge on any atom is -0.493 e. The molecular weight excluding hydrogens is 254 g/mol. The Bertz CT molecular complexity index is 529. The summed E-state index contributed by atoms with van der Waals surface area (Å²) in [6, 6.07) is 15.5. The van der Waals surface area contributed by atoms with Crippen molar-refractivity contribution in [2.75, 3.05) is 20.3 Å². The number of hydrogen-bond donors (Lipinski definition) is 1. The molecule has 2 aromatic carbocycles. The maximum absolute atomic E-state index is 5.77. The van der Waals surface area contributed by atoms with Crippen molar-refractivity contribution in [3.63, 3.8) is 0 Å². The van der Waals surface area contributed by atoms with Crippen LogP contribution < -0.4 is 19.9 Å². The van der Waals surface area contributed by atoms with Crippen molar-refractivity contribution in [3.05, 3.63) is 54.1 Å². The zero-order chi connectivity index (χ0) is 14.2. The number of hydrogen-bond acceptors (Lipinski definition) is 4. The molecule has 0 saturated heterocycles. The Morgan fingerprint density at radius 1 is 0.950 bits per heavy atom. The summed E-state index contributed by atoms with van der Waals surface area (Å²) < 4.78 is 16.5. The number of benzene rings is 2. The molecule has 2 rings (SSSR count). The van der Waals surface area contributed by atoms with Gasteiger partial charge in [0.2, 0.25) is 0 Å². The average molecular weight is 273 g/mol. The van der Waals surface area contributed by atoms with Gasteiger partial charge in [-0.25, -0.2) is 0 Å². The molecule has 0 bridgehead atoms. The standard InChI is InChI=1S/C16H19NO3/c1-18-16-11-14(19-10-9-17)7-8-15(16)20-12-13-5-3-2-4-6-13/h2-8,11H,9-10,12,17H2,1H3. The fourth-order valence-corrected chi connectivity index (χ4v) is 1.77. The van der Waals surface area contributed by atoms with Crippen molar-refractivity contribution in [3.8, 4) is 17.2 Å². The maximum Gasteiger partial charge on any atom is 0.164 e. The van der Waals surface area contributed by atoms with Gasteiger partial charge < -0.3 is 19.9 Å². The molecule has 0 radical (unpaired) electrons. The second-order valence-corrected chi connectivity index (χ2v) is 4.22. The molecule has 0 aliphatic heterocycles. The van der Waals surface area contributed by atoms with Crippen LogP contribution in [0.3, 0.4) is 0 Å². The van der Waals surface area contributed by atoms with E-state index in [9.17, 15) is 0 Å². The number of nitrogens with two attached hydrogens (primary N) is 1. The first-order valence-electron chi connectivity index (χ1n) is 6.51. The monoisotopic (exact) mass is 273 g/mol. The third-order valence-electron chi connectivity index (χ3n) is 2.76. The molecule has 0 amide bonds. The van der Waals surface area contributed by atoms with E-state index in [-0.39, 0.29) is 0 Å². The first kappa shape index (κ1) is 14.2. The maximum atomic E-state index is 5.77. The average Bonchev–Trinajstić information content (AvgIpc) is 2.52. The molecule has 0 aliphatic carbocycles. The lowest BCUT2D eigenvalue weighted by molar-refractivity contribution is 0.280. The zero-order valence-corrected chi connectivity index (χ0v) is 11.5. The van der Waals surface area contributed by atoms with E-state index in [2.05, 4.69) is 0 Å². The van der Waals surface area contributed by atoms with Crippen LogP contribution in [-0.4, -0.2) is 20.3 Å². The van der Waals surface area contributed by atoms with E-state index in [0.717, 1.165) is 11.3 Å². The third-order valence-corrected chi connectivity index (χ3v) is 2.76. The smallest absolute Gasteiger partial charge is 0.164 e. The molecule has 0 unspecified atom stereocenters. The quantitative estimate of drug-likeness (QED) is 0.842. The van der Waals surface area contributed by atoms with Gasteiger partial charge in [-0.3, -0.25) is 0 Å². The van der Waals surface area contributed by atoms with Crippen LogP contribution in [0.15, 0.2) is 48.5 Å². The van der Waals surface area contributed by atoms with Crippen LogP contribution in [0, 0.1) is 0 Å². The lowest BCUT2D eigenvalue weighted by Gasteiger charge is -2.12. The Kier molecular flexibility index (Phi) is 5.26. The van der Waals surface area contributed by atoms with Crippen molar-refractivity contribution in [2.45, 2.75) is 6.61 Å². The predicted molar refractivity (Wildman–Crippen MR) is 78.3 cm³/mol. The molecule has 0 heterocycles. The van der Waals surface area contributed by atoms with E-state index >= 15 is 0 Å². The van der Waals surface area contributed by atoms with Gasteiger partial charge in [-0.1, -0.05) is 30.3 Å². The Hall–Kier alpha value is -2.20. The van der Waals surface area contributed by atoms with Gasteiger partial charge >= 0.3 is 0 Å². The molecule has 0 spiro atoms. The molecule has 0 atom stereocenters. The van der Waals surface area contributed by atoms with E-state index in [1.165, 1.54) is 0 Å². The highest BCUT2D eigenvalue weighted by atomic mass is 16.5. The lowest BCUT2D eigenvalue weighted by atomic mass is 10.2. The highest BCUT2D eigenvalue weighted by molar-refractivity contribution is 5.45. The number of methoxy groups -OCH3 is 1. The molecule has 0 aromatic heterocycles. The Balaban J connectivity index is 2.03. The second-order valence-electron chi connectivity index (χ2n) is 4.22. The van der Waals surface area contributed by atoms with E-state index in [1.54, 1.807) is 13.2 Å². The van der Waals surface area contributed by atoms with Gasteiger partial charge in [0.05, 0.1) is 7.11 Å². The summed E-state index contributed by atoms with van der Waals surface area (Å²) in [6.45, 7) is 1.46. The van der Waals surface area contributed by atoms with Crippen molar-refractivity contribution in [1.29, 1.82) is 0 Å². The van der Waals surface area contributed by atoms with E-state index in [0.29, 0.717) is 31.3 Å². The van der Waals surface area contributed by atoms with Gasteiger partial charge in [0, 0.05) is 12.6 Å². The van der Waals surface area contributed by atoms with Crippen LogP contribution in [-0.2, 0) is 6.61 Å². The fourth-order valence-electron chi connectivity index (χ4n) is 1.77. The summed E-state index contributed by atoms with van der Waals surface area (Å²) in [4.78, 5) is 0. The Morgan fingerprint density at radius 2 is 1.75 bits per heavy atom. The molecule has 4 heteroatoms. The van der Waals surface area contributed by atoms with Gasteiger partial charge in [0.15, 0.2) is 11.5 Å². The Morgan fingerprint density at radius 3 is 2.45 bits per heavy atom. The van der Waals surface area contributed by atoms with Gasteiger partial charge in [0.25, 0.3) is 0 Å². The zero-order valence-electron chi connectivity index (χ0n) is 11.5. The number of rotatable bonds is 7. The minimum absolute atomic E-state index is 0.480. The largest absolute Gasteiger partial charge is 0.493 e. The minimum atomic E-state index is 0.480. The summed E-state index contributed by atoms with van der Waals surface area (Å²) in [6.07, 6.45) is 0. The molecule has 106 valence electrons. The molecule has 4 nitrogen and oxygen atoms in total. The molecule has 20 heavy (non-hydrogen) atoms. The summed E-state index contributed by atoms with van der Waals surface area (Å²) >= 11 is 0. The predicted octanol–water partition coefficient (Wildman–Crippen LogP) is 2.61. The van der Waals surface area contributed by atoms with Gasteiger partial charge in [-0.05, 0) is 17.7 Å². The van der Waals surface area contributed by atoms with Crippen molar-refractivity contribution in [2.24, 2.45) is 5.73 Å². The van der Waals surface area contributed by atoms with Crippen LogP contribution in [0.5, 0.6) is 17.2 Å². The van der Waals surface area contributed by atoms with Crippen LogP contribution in [0.1, 0.15) is 5.56 Å². The van der Waals surface area contributed by atoms with E-state index in [4.69, 9.17) is 19.9 Å². The molecular formula is C16H19NO3. The number of ether oxygens (including phenoxy) is 3. The fraction of sp³-hybridized carbons (Fsp3) is 0.250. The van der Waals surface area contributed by atoms with E-state index < -0.39 is 0 Å². The summed E-state index contributed by atoms with van der Waals surface area (Å²) in [5, 5.41) is 0. The molecule has 0 saturated carbocycles. The van der Waals surface area contributed by atoms with Crippen molar-refractivity contribution in [1.82, 2.24) is 0 Å². The SMILES string of the molecule is COc1cc(OCCN)ccc1OCc1ccccc1. The topological polar surface area (TPSA) is 53.7 Å². The van der Waals surface area contributed by atoms with E-state index in [1.807, 2.05) is 42.5 Å². The molecule has 0 fully saturated rings. The second kappa shape index (κ2) is 7.40. The normalized spacial score (nSPS) is 10.1. The van der Waals surface area contributed by atoms with Gasteiger partial charge in [-0.15, -0.1) is 0 Å². The van der Waals surface area contributed by atoms with Gasteiger partial charge in [0.1, 0.15) is 19.0 Å². The third kappa shape index (κ3) is 3.90. The first-order chi connectivity index (χ1) is 9.83. The highest BCUT2D eigenvalue weighted by Crippen LogP contribution is 2.31. The molecule has 2 aromatic rings. The van der Waals surface area contributed by atoms with Crippen LogP contribution in [0.2, 0.25) is 0 Å².